The molecule has 26 heavy (non-hydrogen) atoms. The maximum absolute atomic E-state index is 12.7. The number of fused-ring (bicyclic) bond motifs is 2. The van der Waals surface area contributed by atoms with Gasteiger partial charge in [-0.25, -0.2) is 0 Å². The molecule has 0 aliphatic carbocycles. The van der Waals surface area contributed by atoms with Crippen molar-refractivity contribution in [2.75, 3.05) is 32.7 Å². The summed E-state index contributed by atoms with van der Waals surface area (Å²) < 4.78 is 1.33. The van der Waals surface area contributed by atoms with Gasteiger partial charge in [-0.15, -0.1) is 11.3 Å². The minimum atomic E-state index is -0.320. The molecule has 1 atom stereocenters. The Kier molecular flexibility index (Phi) is 4.71. The molecule has 2 aliphatic rings. The van der Waals surface area contributed by atoms with Gasteiger partial charge < -0.3 is 9.80 Å². The second-order valence-electron chi connectivity index (χ2n) is 7.04. The first-order chi connectivity index (χ1) is 12.6. The maximum Gasteiger partial charge on any atom is 0.247 e. The maximum atomic E-state index is 12.7. The Hall–Kier alpha value is -1.92. The third kappa shape index (κ3) is 2.91. The van der Waals surface area contributed by atoms with Crippen molar-refractivity contribution in [1.29, 1.82) is 0 Å². The minimum absolute atomic E-state index is 0.0892. The van der Waals surface area contributed by atoms with Crippen LogP contribution in [0.1, 0.15) is 24.3 Å². The molecule has 2 fully saturated rings. The Morgan fingerprint density at radius 1 is 1.15 bits per heavy atom. The summed E-state index contributed by atoms with van der Waals surface area (Å²) in [5.74, 6) is 0.189. The fourth-order valence-electron chi connectivity index (χ4n) is 4.14. The van der Waals surface area contributed by atoms with Crippen LogP contribution in [-0.2, 0) is 22.6 Å². The Morgan fingerprint density at radius 2 is 1.96 bits per heavy atom. The van der Waals surface area contributed by atoms with E-state index in [1.807, 2.05) is 18.3 Å². The van der Waals surface area contributed by atoms with Crippen LogP contribution in [0.25, 0.3) is 10.1 Å². The molecule has 1 aromatic heterocycles. The van der Waals surface area contributed by atoms with Crippen LogP contribution in [0.5, 0.6) is 0 Å². The zero-order chi connectivity index (χ0) is 18.3. The van der Waals surface area contributed by atoms with Gasteiger partial charge in [0.05, 0.1) is 6.54 Å². The number of hydrogen-bond donors (Lipinski definition) is 0. The number of likely N-dealkylation sites (N-methyl/N-ethyl adjacent to an activating group) is 1. The van der Waals surface area contributed by atoms with Crippen LogP contribution in [0.4, 0.5) is 0 Å². The lowest BCUT2D eigenvalue weighted by atomic mass is 10.0. The number of thiophene rings is 1. The summed E-state index contributed by atoms with van der Waals surface area (Å²) >= 11 is 1.87. The molecule has 2 aliphatic heterocycles. The molecule has 2 amide bonds. The molecule has 0 radical (unpaired) electrons. The number of carbonyl (C=O) groups excluding carboxylic acids is 2. The lowest BCUT2D eigenvalue weighted by Crippen LogP contribution is -2.66. The first-order valence-corrected chi connectivity index (χ1v) is 10.2. The highest BCUT2D eigenvalue weighted by Crippen LogP contribution is 2.33. The van der Waals surface area contributed by atoms with Crippen LogP contribution < -0.4 is 0 Å². The number of nitrogens with zero attached hydrogens (tertiary/aromatic N) is 3. The van der Waals surface area contributed by atoms with Crippen LogP contribution in [0.2, 0.25) is 0 Å². The van der Waals surface area contributed by atoms with Crippen molar-refractivity contribution in [3.63, 3.8) is 0 Å². The van der Waals surface area contributed by atoms with Gasteiger partial charge in [-0.05, 0) is 30.4 Å². The monoisotopic (exact) mass is 371 g/mol. The van der Waals surface area contributed by atoms with Gasteiger partial charge in [0.2, 0.25) is 11.8 Å². The first kappa shape index (κ1) is 17.5. The average molecular weight is 372 g/mol. The molecule has 6 heteroatoms. The van der Waals surface area contributed by atoms with E-state index < -0.39 is 0 Å². The van der Waals surface area contributed by atoms with E-state index in [2.05, 4.69) is 36.1 Å². The molecule has 0 N–H and O–H groups in total. The van der Waals surface area contributed by atoms with Crippen molar-refractivity contribution in [3.05, 3.63) is 34.7 Å². The largest absolute Gasteiger partial charge is 0.332 e. The standard InChI is InChI=1S/C20H25N3O2S/c1-3-17-15(14-7-5-6-8-18(14)26-17)11-21-9-10-23-16(12-21)20(25)22(4-2)13-19(23)24/h5-8,16H,3-4,9-13H2,1-2H3. The highest BCUT2D eigenvalue weighted by atomic mass is 32.1. The van der Waals surface area contributed by atoms with Crippen molar-refractivity contribution in [2.24, 2.45) is 0 Å². The molecule has 2 saturated heterocycles. The number of hydrogen-bond acceptors (Lipinski definition) is 4. The Bertz CT molecular complexity index is 847. The van der Waals surface area contributed by atoms with E-state index in [1.165, 1.54) is 20.5 Å². The normalized spacial score (nSPS) is 21.5. The number of piperazine rings is 2. The van der Waals surface area contributed by atoms with Gasteiger partial charge in [0.1, 0.15) is 6.04 Å². The van der Waals surface area contributed by atoms with Crippen molar-refractivity contribution >= 4 is 33.2 Å². The summed E-state index contributed by atoms with van der Waals surface area (Å²) in [6.07, 6.45) is 1.03. The molecular weight excluding hydrogens is 346 g/mol. The molecule has 1 unspecified atom stereocenters. The van der Waals surface area contributed by atoms with Gasteiger partial charge in [0.25, 0.3) is 0 Å². The SMILES string of the molecule is CCc1sc2ccccc2c1CN1CCN2C(=O)CN(CC)C(=O)C2C1. The van der Waals surface area contributed by atoms with Gasteiger partial charge in [-0.2, -0.15) is 0 Å². The Balaban J connectivity index is 1.57. The lowest BCUT2D eigenvalue weighted by Gasteiger charge is -2.46. The predicted octanol–water partition coefficient (Wildman–Crippen LogP) is 2.34. The summed E-state index contributed by atoms with van der Waals surface area (Å²) in [7, 11) is 0. The molecule has 2 aromatic rings. The summed E-state index contributed by atoms with van der Waals surface area (Å²) in [6.45, 7) is 7.94. The van der Waals surface area contributed by atoms with Crippen LogP contribution >= 0.6 is 11.3 Å². The van der Waals surface area contributed by atoms with Crippen molar-refractivity contribution in [1.82, 2.24) is 14.7 Å². The Labute approximate surface area is 158 Å². The third-order valence-electron chi connectivity index (χ3n) is 5.57. The van der Waals surface area contributed by atoms with Crippen LogP contribution in [0, 0.1) is 0 Å². The van der Waals surface area contributed by atoms with Crippen LogP contribution in [0.15, 0.2) is 24.3 Å². The van der Waals surface area contributed by atoms with E-state index in [0.717, 1.165) is 19.5 Å². The number of carbonyl (C=O) groups is 2. The van der Waals surface area contributed by atoms with Crippen molar-refractivity contribution in [2.45, 2.75) is 32.9 Å². The fraction of sp³-hybridized carbons (Fsp3) is 0.500. The second-order valence-corrected chi connectivity index (χ2v) is 8.18. The molecular formula is C20H25N3O2S. The van der Waals surface area contributed by atoms with E-state index in [-0.39, 0.29) is 24.4 Å². The summed E-state index contributed by atoms with van der Waals surface area (Å²) in [5, 5.41) is 1.33. The number of amides is 2. The van der Waals surface area contributed by atoms with E-state index in [9.17, 15) is 9.59 Å². The Morgan fingerprint density at radius 3 is 2.73 bits per heavy atom. The van der Waals surface area contributed by atoms with E-state index in [1.54, 1.807) is 9.80 Å². The third-order valence-corrected chi connectivity index (χ3v) is 6.93. The number of rotatable bonds is 4. The molecule has 4 rings (SSSR count). The molecule has 0 saturated carbocycles. The van der Waals surface area contributed by atoms with Gasteiger partial charge >= 0.3 is 0 Å². The van der Waals surface area contributed by atoms with Gasteiger partial charge in [0.15, 0.2) is 0 Å². The van der Waals surface area contributed by atoms with Gasteiger partial charge in [0, 0.05) is 42.3 Å². The molecule has 1 aromatic carbocycles. The van der Waals surface area contributed by atoms with Crippen LogP contribution in [0.3, 0.4) is 0 Å². The molecule has 138 valence electrons. The van der Waals surface area contributed by atoms with Gasteiger partial charge in [-0.1, -0.05) is 25.1 Å². The first-order valence-electron chi connectivity index (χ1n) is 9.42. The molecule has 5 nitrogen and oxygen atoms in total. The van der Waals surface area contributed by atoms with E-state index in [0.29, 0.717) is 19.6 Å². The summed E-state index contributed by atoms with van der Waals surface area (Å²) in [5.41, 5.74) is 1.39. The van der Waals surface area contributed by atoms with Gasteiger partial charge in [-0.3, -0.25) is 14.5 Å². The second kappa shape index (κ2) is 7.00. The topological polar surface area (TPSA) is 43.9 Å². The quantitative estimate of drug-likeness (QED) is 0.829. The molecule has 0 bridgehead atoms. The lowest BCUT2D eigenvalue weighted by molar-refractivity contribution is -0.159. The summed E-state index contributed by atoms with van der Waals surface area (Å²) in [4.78, 5) is 32.3. The highest BCUT2D eigenvalue weighted by molar-refractivity contribution is 7.19. The smallest absolute Gasteiger partial charge is 0.247 e. The van der Waals surface area contributed by atoms with Crippen molar-refractivity contribution < 1.29 is 9.59 Å². The number of aryl methyl sites for hydroxylation is 1. The average Bonchev–Trinajstić information content (AvgIpc) is 3.02. The molecule has 0 spiro atoms. The number of benzene rings is 1. The van der Waals surface area contributed by atoms with E-state index in [4.69, 9.17) is 0 Å². The van der Waals surface area contributed by atoms with Crippen LogP contribution in [-0.4, -0.2) is 65.3 Å². The zero-order valence-electron chi connectivity index (χ0n) is 15.4. The van der Waals surface area contributed by atoms with Crippen molar-refractivity contribution in [3.8, 4) is 0 Å². The predicted molar refractivity (Wildman–Crippen MR) is 104 cm³/mol. The highest BCUT2D eigenvalue weighted by Gasteiger charge is 2.41. The zero-order valence-corrected chi connectivity index (χ0v) is 16.2. The minimum Gasteiger partial charge on any atom is -0.332 e. The fourth-order valence-corrected chi connectivity index (χ4v) is 5.29. The molecule has 3 heterocycles. The summed E-state index contributed by atoms with van der Waals surface area (Å²) in [6, 6.07) is 8.25. The van der Waals surface area contributed by atoms with E-state index >= 15 is 0 Å².